The van der Waals surface area contributed by atoms with Crippen molar-refractivity contribution in [3.05, 3.63) is 0 Å². The molecule has 0 aromatic heterocycles. The fourth-order valence-electron chi connectivity index (χ4n) is 0.723. The summed E-state index contributed by atoms with van der Waals surface area (Å²) >= 11 is 0. The maximum Gasteiger partial charge on any atom is 0.147 e. The molecule has 12 heavy (non-hydrogen) atoms. The predicted octanol–water partition coefficient (Wildman–Crippen LogP) is -0.271. The van der Waals surface area contributed by atoms with Crippen LogP contribution in [0.5, 0.6) is 0 Å². The van der Waals surface area contributed by atoms with Gasteiger partial charge in [0.15, 0.2) is 0 Å². The van der Waals surface area contributed by atoms with Crippen LogP contribution in [0.1, 0.15) is 19.3 Å². The van der Waals surface area contributed by atoms with Crippen LogP contribution in [0.3, 0.4) is 0 Å². The van der Waals surface area contributed by atoms with Crippen LogP contribution in [-0.2, 0) is 14.6 Å². The molecule has 0 saturated heterocycles. The summed E-state index contributed by atoms with van der Waals surface area (Å²) in [5.74, 6) is -0.0676. The Bertz CT molecular complexity index is 233. The molecule has 0 radical (unpaired) electrons. The van der Waals surface area contributed by atoms with Gasteiger partial charge in [-0.1, -0.05) is 0 Å². The van der Waals surface area contributed by atoms with E-state index in [9.17, 15) is 13.2 Å². The topological polar surface area (TPSA) is 77.2 Å². The molecule has 0 saturated carbocycles. The predicted molar refractivity (Wildman–Crippen MR) is 47.6 cm³/mol. The summed E-state index contributed by atoms with van der Waals surface area (Å²) < 4.78 is 21.3. The van der Waals surface area contributed by atoms with Crippen LogP contribution in [0.25, 0.3) is 0 Å². The Balaban J connectivity index is 3.58. The highest BCUT2D eigenvalue weighted by Gasteiger charge is 2.06. The lowest BCUT2D eigenvalue weighted by Gasteiger charge is -1.97. The van der Waals surface area contributed by atoms with Gasteiger partial charge in [-0.25, -0.2) is 8.42 Å². The molecule has 0 rings (SSSR count). The number of rotatable bonds is 6. The zero-order chi connectivity index (χ0) is 9.61. The maximum absolute atomic E-state index is 10.9. The van der Waals surface area contributed by atoms with Crippen molar-refractivity contribution in [1.29, 1.82) is 0 Å². The highest BCUT2D eigenvalue weighted by atomic mass is 32.2. The summed E-state index contributed by atoms with van der Waals surface area (Å²) in [6, 6.07) is 0. The van der Waals surface area contributed by atoms with Gasteiger partial charge in [-0.3, -0.25) is 4.79 Å². The Morgan fingerprint density at radius 2 is 1.92 bits per heavy atom. The van der Waals surface area contributed by atoms with E-state index < -0.39 is 9.84 Å². The molecular weight excluding hydrogens is 178 g/mol. The lowest BCUT2D eigenvalue weighted by Crippen LogP contribution is -2.10. The fraction of sp³-hybridized carbons (Fsp3) is 0.857. The first-order valence-electron chi connectivity index (χ1n) is 3.85. The third kappa shape index (κ3) is 7.68. The van der Waals surface area contributed by atoms with E-state index in [4.69, 9.17) is 5.73 Å². The lowest BCUT2D eigenvalue weighted by atomic mass is 10.2. The maximum atomic E-state index is 10.9. The van der Waals surface area contributed by atoms with Crippen molar-refractivity contribution < 1.29 is 13.2 Å². The summed E-state index contributed by atoms with van der Waals surface area (Å²) in [5, 5.41) is 0. The number of nitrogens with two attached hydrogens (primary N) is 1. The molecule has 72 valence electrons. The fourth-order valence-corrected chi connectivity index (χ4v) is 1.32. The zero-order valence-electron chi connectivity index (χ0n) is 7.25. The van der Waals surface area contributed by atoms with Crippen LogP contribution < -0.4 is 5.73 Å². The second-order valence-electron chi connectivity index (χ2n) is 2.81. The monoisotopic (exact) mass is 193 g/mol. The van der Waals surface area contributed by atoms with Gasteiger partial charge in [0.05, 0.1) is 5.75 Å². The van der Waals surface area contributed by atoms with Crippen LogP contribution in [0, 0.1) is 0 Å². The summed E-state index contributed by atoms with van der Waals surface area (Å²) in [4.78, 5) is 10.9. The summed E-state index contributed by atoms with van der Waals surface area (Å²) in [6.45, 7) is 0.477. The molecule has 0 heterocycles. The van der Waals surface area contributed by atoms with Gasteiger partial charge >= 0.3 is 0 Å². The van der Waals surface area contributed by atoms with E-state index in [-0.39, 0.29) is 18.0 Å². The molecule has 0 aliphatic rings. The van der Waals surface area contributed by atoms with Crippen molar-refractivity contribution in [1.82, 2.24) is 0 Å². The molecule has 0 amide bonds. The van der Waals surface area contributed by atoms with Crippen molar-refractivity contribution >= 4 is 15.6 Å². The molecule has 0 aliphatic carbocycles. The summed E-state index contributed by atoms with van der Waals surface area (Å²) in [7, 11) is -3.00. The van der Waals surface area contributed by atoms with Crippen LogP contribution >= 0.6 is 0 Å². The number of hydrogen-bond acceptors (Lipinski definition) is 4. The molecule has 0 fully saturated rings. The SMILES string of the molecule is CS(=O)(=O)CCC(=O)CCCN. The number of Topliss-reactive ketones (excluding diaryl/α,β-unsaturated/α-hetero) is 1. The van der Waals surface area contributed by atoms with Crippen molar-refractivity contribution in [2.45, 2.75) is 19.3 Å². The minimum Gasteiger partial charge on any atom is -0.330 e. The molecule has 0 aromatic carbocycles. The average molecular weight is 193 g/mol. The standard InChI is InChI=1S/C7H15NO3S/c1-12(10,11)6-4-7(9)3-2-5-8/h2-6,8H2,1H3. The van der Waals surface area contributed by atoms with Gasteiger partial charge in [-0.2, -0.15) is 0 Å². The largest absolute Gasteiger partial charge is 0.330 e. The van der Waals surface area contributed by atoms with Crippen LogP contribution in [-0.4, -0.2) is 32.8 Å². The summed E-state index contributed by atoms with van der Waals surface area (Å²) in [5.41, 5.74) is 5.19. The van der Waals surface area contributed by atoms with E-state index in [1.54, 1.807) is 0 Å². The molecule has 0 atom stereocenters. The Morgan fingerprint density at radius 3 is 2.33 bits per heavy atom. The van der Waals surface area contributed by atoms with E-state index in [0.29, 0.717) is 19.4 Å². The second kappa shape index (κ2) is 5.27. The molecule has 2 N–H and O–H groups in total. The second-order valence-corrected chi connectivity index (χ2v) is 5.07. The van der Waals surface area contributed by atoms with Crippen molar-refractivity contribution in [2.75, 3.05) is 18.6 Å². The molecule has 0 aromatic rings. The van der Waals surface area contributed by atoms with E-state index >= 15 is 0 Å². The van der Waals surface area contributed by atoms with Gasteiger partial charge in [-0.15, -0.1) is 0 Å². The molecule has 0 bridgehead atoms. The molecule has 0 spiro atoms. The molecule has 5 heteroatoms. The Hall–Kier alpha value is -0.420. The third-order valence-corrected chi connectivity index (χ3v) is 2.36. The number of sulfone groups is 1. The lowest BCUT2D eigenvalue weighted by molar-refractivity contribution is -0.118. The quantitative estimate of drug-likeness (QED) is 0.630. The first kappa shape index (κ1) is 11.6. The number of hydrogen-bond donors (Lipinski definition) is 1. The van der Waals surface area contributed by atoms with Gasteiger partial charge in [0.25, 0.3) is 0 Å². The van der Waals surface area contributed by atoms with Gasteiger partial charge in [0.2, 0.25) is 0 Å². The van der Waals surface area contributed by atoms with Crippen molar-refractivity contribution in [3.63, 3.8) is 0 Å². The smallest absolute Gasteiger partial charge is 0.147 e. The molecular formula is C7H15NO3S. The Kier molecular flexibility index (Phi) is 5.08. The highest BCUT2D eigenvalue weighted by Crippen LogP contribution is 1.96. The van der Waals surface area contributed by atoms with Gasteiger partial charge < -0.3 is 5.73 Å². The number of carbonyl (C=O) groups is 1. The average Bonchev–Trinajstić information content (AvgIpc) is 1.95. The normalized spacial score (nSPS) is 11.5. The zero-order valence-corrected chi connectivity index (χ0v) is 8.06. The summed E-state index contributed by atoms with van der Waals surface area (Å²) in [6.07, 6.45) is 2.29. The van der Waals surface area contributed by atoms with E-state index in [2.05, 4.69) is 0 Å². The minimum absolute atomic E-state index is 0.0223. The van der Waals surface area contributed by atoms with Crippen molar-refractivity contribution in [3.8, 4) is 0 Å². The molecule has 0 unspecified atom stereocenters. The van der Waals surface area contributed by atoms with Gasteiger partial charge in [-0.05, 0) is 13.0 Å². The third-order valence-electron chi connectivity index (χ3n) is 1.41. The van der Waals surface area contributed by atoms with Gasteiger partial charge in [0, 0.05) is 19.1 Å². The van der Waals surface area contributed by atoms with E-state index in [1.165, 1.54) is 0 Å². The van der Waals surface area contributed by atoms with Crippen LogP contribution in [0.15, 0.2) is 0 Å². The highest BCUT2D eigenvalue weighted by molar-refractivity contribution is 7.90. The Morgan fingerprint density at radius 1 is 1.33 bits per heavy atom. The first-order chi connectivity index (χ1) is 5.45. The Labute approximate surface area is 73.1 Å². The number of carbonyl (C=O) groups excluding carboxylic acids is 1. The molecule has 0 aliphatic heterocycles. The minimum atomic E-state index is -3.00. The first-order valence-corrected chi connectivity index (χ1v) is 5.91. The number of ketones is 1. The van der Waals surface area contributed by atoms with E-state index in [1.807, 2.05) is 0 Å². The van der Waals surface area contributed by atoms with Crippen molar-refractivity contribution in [2.24, 2.45) is 5.73 Å². The van der Waals surface area contributed by atoms with Crippen LogP contribution in [0.4, 0.5) is 0 Å². The van der Waals surface area contributed by atoms with Crippen LogP contribution in [0.2, 0.25) is 0 Å². The van der Waals surface area contributed by atoms with E-state index in [0.717, 1.165) is 6.26 Å². The molecule has 4 nitrogen and oxygen atoms in total. The van der Waals surface area contributed by atoms with Gasteiger partial charge in [0.1, 0.15) is 15.6 Å².